The Hall–Kier alpha value is -0.263. The zero-order chi connectivity index (χ0) is 13.3. The summed E-state index contributed by atoms with van der Waals surface area (Å²) >= 11 is 3.08. The monoisotopic (exact) mass is 319 g/mol. The van der Waals surface area contributed by atoms with E-state index in [0.29, 0.717) is 12.2 Å². The molecular weight excluding hydrogens is 301 g/mol. The third-order valence-corrected chi connectivity index (χ3v) is 8.35. The molecule has 1 heterocycles. The van der Waals surface area contributed by atoms with E-state index < -0.39 is 8.32 Å². The lowest BCUT2D eigenvalue weighted by Crippen LogP contribution is -2.40. The topological polar surface area (TPSA) is 22.1 Å². The van der Waals surface area contributed by atoms with Crippen LogP contribution in [-0.2, 0) is 11.0 Å². The Labute approximate surface area is 112 Å². The average Bonchev–Trinajstić information content (AvgIpc) is 2.18. The van der Waals surface area contributed by atoms with Crippen LogP contribution in [0.5, 0.6) is 0 Å². The normalized spacial score (nSPS) is 12.9. The van der Waals surface area contributed by atoms with Crippen molar-refractivity contribution in [2.45, 2.75) is 45.5 Å². The fourth-order valence-corrected chi connectivity index (χ4v) is 2.36. The molecule has 0 aliphatic carbocycles. The first-order valence-electron chi connectivity index (χ1n) is 5.58. The van der Waals surface area contributed by atoms with Gasteiger partial charge in [-0.3, -0.25) is 0 Å². The predicted octanol–water partition coefficient (Wildman–Crippen LogP) is 4.51. The van der Waals surface area contributed by atoms with Gasteiger partial charge in [-0.1, -0.05) is 20.8 Å². The van der Waals surface area contributed by atoms with Crippen molar-refractivity contribution < 1.29 is 8.82 Å². The zero-order valence-electron chi connectivity index (χ0n) is 11.0. The molecule has 96 valence electrons. The van der Waals surface area contributed by atoms with E-state index in [9.17, 15) is 4.39 Å². The van der Waals surface area contributed by atoms with Crippen LogP contribution in [0.15, 0.2) is 16.9 Å². The second-order valence-electron chi connectivity index (χ2n) is 5.62. The van der Waals surface area contributed by atoms with Crippen LogP contribution in [0.1, 0.15) is 26.3 Å². The van der Waals surface area contributed by atoms with Gasteiger partial charge in [-0.15, -0.1) is 0 Å². The molecule has 0 unspecified atom stereocenters. The highest BCUT2D eigenvalue weighted by molar-refractivity contribution is 9.10. The number of aromatic nitrogens is 1. The van der Waals surface area contributed by atoms with Crippen LogP contribution in [0.4, 0.5) is 4.39 Å². The molecule has 0 bridgehead atoms. The second kappa shape index (κ2) is 5.16. The molecule has 0 N–H and O–H groups in total. The highest BCUT2D eigenvalue weighted by Crippen LogP contribution is 2.37. The molecule has 0 atom stereocenters. The van der Waals surface area contributed by atoms with Crippen molar-refractivity contribution in [3.63, 3.8) is 0 Å². The first-order valence-corrected chi connectivity index (χ1v) is 9.28. The fraction of sp³-hybridized carbons (Fsp3) is 0.583. The van der Waals surface area contributed by atoms with E-state index >= 15 is 0 Å². The summed E-state index contributed by atoms with van der Waals surface area (Å²) in [6.07, 6.45) is 1.58. The Kier molecular flexibility index (Phi) is 4.49. The van der Waals surface area contributed by atoms with Gasteiger partial charge in [-0.25, -0.2) is 9.37 Å². The Morgan fingerprint density at radius 3 is 2.53 bits per heavy atom. The van der Waals surface area contributed by atoms with Gasteiger partial charge >= 0.3 is 0 Å². The number of hydrogen-bond donors (Lipinski definition) is 0. The van der Waals surface area contributed by atoms with E-state index in [2.05, 4.69) is 54.8 Å². The van der Waals surface area contributed by atoms with E-state index in [1.54, 1.807) is 12.3 Å². The summed E-state index contributed by atoms with van der Waals surface area (Å²) in [5, 5.41) is 0.133. The van der Waals surface area contributed by atoms with Crippen molar-refractivity contribution in [2.24, 2.45) is 0 Å². The molecule has 5 heteroatoms. The highest BCUT2D eigenvalue weighted by Gasteiger charge is 2.37. The molecule has 1 rings (SSSR count). The van der Waals surface area contributed by atoms with Crippen LogP contribution >= 0.6 is 15.9 Å². The van der Waals surface area contributed by atoms with E-state index in [4.69, 9.17) is 4.43 Å². The first kappa shape index (κ1) is 14.8. The molecule has 0 aliphatic heterocycles. The van der Waals surface area contributed by atoms with Crippen molar-refractivity contribution in [2.75, 3.05) is 0 Å². The van der Waals surface area contributed by atoms with Crippen LogP contribution in [0.3, 0.4) is 0 Å². The van der Waals surface area contributed by atoms with Gasteiger partial charge in [-0.05, 0) is 40.1 Å². The maximum Gasteiger partial charge on any atom is 0.192 e. The molecule has 0 fully saturated rings. The van der Waals surface area contributed by atoms with Crippen LogP contribution in [0, 0.1) is 5.82 Å². The molecule has 2 nitrogen and oxygen atoms in total. The molecule has 0 saturated heterocycles. The predicted molar refractivity (Wildman–Crippen MR) is 73.9 cm³/mol. The first-order chi connectivity index (χ1) is 7.65. The number of pyridine rings is 1. The lowest BCUT2D eigenvalue weighted by molar-refractivity contribution is 0.270. The largest absolute Gasteiger partial charge is 0.412 e. The van der Waals surface area contributed by atoms with Crippen molar-refractivity contribution in [3.05, 3.63) is 28.2 Å². The molecule has 0 spiro atoms. The Morgan fingerprint density at radius 2 is 2.00 bits per heavy atom. The molecule has 17 heavy (non-hydrogen) atoms. The highest BCUT2D eigenvalue weighted by atomic mass is 79.9. The molecule has 0 aliphatic rings. The molecule has 0 amide bonds. The van der Waals surface area contributed by atoms with Crippen LogP contribution < -0.4 is 0 Å². The third kappa shape index (κ3) is 3.60. The minimum absolute atomic E-state index is 0.133. The van der Waals surface area contributed by atoms with Crippen molar-refractivity contribution in [1.29, 1.82) is 0 Å². The summed E-state index contributed by atoms with van der Waals surface area (Å²) in [7, 11) is -1.83. The summed E-state index contributed by atoms with van der Waals surface area (Å²) in [5.41, 5.74) is 0.553. The average molecular weight is 320 g/mol. The number of hydrogen-bond acceptors (Lipinski definition) is 2. The maximum absolute atomic E-state index is 13.7. The lowest BCUT2D eigenvalue weighted by atomic mass is 10.2. The van der Waals surface area contributed by atoms with Gasteiger partial charge in [-0.2, -0.15) is 0 Å². The van der Waals surface area contributed by atoms with Gasteiger partial charge in [0.25, 0.3) is 0 Å². The summed E-state index contributed by atoms with van der Waals surface area (Å²) in [4.78, 5) is 3.83. The number of halogens is 2. The van der Waals surface area contributed by atoms with Crippen LogP contribution in [0.2, 0.25) is 18.1 Å². The molecule has 0 radical (unpaired) electrons. The maximum atomic E-state index is 13.7. The smallest absolute Gasteiger partial charge is 0.192 e. The van der Waals surface area contributed by atoms with Gasteiger partial charge in [0.15, 0.2) is 14.1 Å². The fourth-order valence-electron chi connectivity index (χ4n) is 1.04. The number of rotatable bonds is 3. The van der Waals surface area contributed by atoms with Crippen molar-refractivity contribution in [1.82, 2.24) is 4.98 Å². The summed E-state index contributed by atoms with van der Waals surface area (Å²) < 4.78 is 19.9. The van der Waals surface area contributed by atoms with Gasteiger partial charge in [0, 0.05) is 11.8 Å². The Bertz CT molecular complexity index is 404. The summed E-state index contributed by atoms with van der Waals surface area (Å²) in [6, 6.07) is 1.66. The minimum atomic E-state index is -1.83. The third-order valence-electron chi connectivity index (χ3n) is 3.32. The van der Waals surface area contributed by atoms with Crippen molar-refractivity contribution >= 4 is 24.2 Å². The molecule has 0 aromatic carbocycles. The quantitative estimate of drug-likeness (QED) is 0.604. The molecule has 1 aromatic rings. The van der Waals surface area contributed by atoms with Gasteiger partial charge in [0.05, 0.1) is 6.61 Å². The van der Waals surface area contributed by atoms with E-state index in [1.165, 1.54) is 0 Å². The second-order valence-corrected chi connectivity index (χ2v) is 11.2. The summed E-state index contributed by atoms with van der Waals surface area (Å²) in [5.74, 6) is -0.328. The van der Waals surface area contributed by atoms with E-state index in [0.717, 1.165) is 0 Å². The molecule has 1 aromatic heterocycles. The lowest BCUT2D eigenvalue weighted by Gasteiger charge is -2.36. The van der Waals surface area contributed by atoms with Crippen molar-refractivity contribution in [3.8, 4) is 0 Å². The van der Waals surface area contributed by atoms with Gasteiger partial charge < -0.3 is 4.43 Å². The summed E-state index contributed by atoms with van der Waals surface area (Å²) in [6.45, 7) is 11.1. The molecule has 0 saturated carbocycles. The van der Waals surface area contributed by atoms with E-state index in [-0.39, 0.29) is 15.5 Å². The van der Waals surface area contributed by atoms with E-state index in [1.807, 2.05) is 0 Å². The Balaban J connectivity index is 2.78. The van der Waals surface area contributed by atoms with Crippen LogP contribution in [-0.4, -0.2) is 13.3 Å². The minimum Gasteiger partial charge on any atom is -0.412 e. The Morgan fingerprint density at radius 1 is 1.41 bits per heavy atom. The standard InChI is InChI=1S/C12H19BrFNOSi/c1-12(2,3)17(4,5)16-8-9-6-7-15-11(13)10(9)14/h6-7H,8H2,1-5H3. The van der Waals surface area contributed by atoms with Gasteiger partial charge in [0.1, 0.15) is 4.60 Å². The van der Waals surface area contributed by atoms with Gasteiger partial charge in [0.2, 0.25) is 0 Å². The SMILES string of the molecule is CC(C)(C)[Si](C)(C)OCc1ccnc(Br)c1F. The van der Waals surface area contributed by atoms with Crippen LogP contribution in [0.25, 0.3) is 0 Å². The number of nitrogens with zero attached hydrogens (tertiary/aromatic N) is 1. The molecular formula is C12H19BrFNOSi. The zero-order valence-corrected chi connectivity index (χ0v) is 13.6.